The molecule has 0 saturated heterocycles. The number of nitrogens with two attached hydrogens (primary N) is 1. The smallest absolute Gasteiger partial charge is 0.237 e. The third-order valence-electron chi connectivity index (χ3n) is 3.46. The van der Waals surface area contributed by atoms with Crippen LogP contribution in [0.2, 0.25) is 0 Å². The molecule has 1 aliphatic rings. The molecule has 19 heavy (non-hydrogen) atoms. The molecule has 1 amide bonds. The predicted molar refractivity (Wildman–Crippen MR) is 82.1 cm³/mol. The van der Waals surface area contributed by atoms with Crippen LogP contribution in [-0.2, 0) is 4.79 Å². The van der Waals surface area contributed by atoms with E-state index in [-0.39, 0.29) is 11.9 Å². The number of hydrogen-bond acceptors (Lipinski definition) is 3. The van der Waals surface area contributed by atoms with Gasteiger partial charge >= 0.3 is 0 Å². The van der Waals surface area contributed by atoms with Crippen LogP contribution < -0.4 is 16.4 Å². The zero-order valence-corrected chi connectivity index (χ0v) is 12.8. The molecule has 0 aromatic heterocycles. The Morgan fingerprint density at radius 3 is 2.00 bits per heavy atom. The van der Waals surface area contributed by atoms with Crippen LogP contribution in [0.4, 0.5) is 0 Å². The second kappa shape index (κ2) is 13.8. The fraction of sp³-hybridized carbons (Fsp3) is 0.933. The molecule has 1 aliphatic carbocycles. The Kier molecular flexibility index (Phi) is 13.4. The Balaban J connectivity index is 0.000000443. The summed E-state index contributed by atoms with van der Waals surface area (Å²) in [7, 11) is 1.81. The topological polar surface area (TPSA) is 67.2 Å². The van der Waals surface area contributed by atoms with Crippen molar-refractivity contribution in [3.05, 3.63) is 0 Å². The van der Waals surface area contributed by atoms with E-state index in [0.717, 1.165) is 19.3 Å². The summed E-state index contributed by atoms with van der Waals surface area (Å²) < 4.78 is 0. The lowest BCUT2D eigenvalue weighted by Crippen LogP contribution is -2.42. The molecule has 0 bridgehead atoms. The maximum atomic E-state index is 11.4. The summed E-state index contributed by atoms with van der Waals surface area (Å²) in [5.41, 5.74) is 5.37. The molecule has 4 heteroatoms. The first kappa shape index (κ1) is 18.4. The van der Waals surface area contributed by atoms with Crippen LogP contribution in [0.15, 0.2) is 0 Å². The molecule has 1 rings (SSSR count). The summed E-state index contributed by atoms with van der Waals surface area (Å²) in [4.78, 5) is 11.4. The van der Waals surface area contributed by atoms with E-state index in [4.69, 9.17) is 5.73 Å². The first-order chi connectivity index (χ1) is 9.26. The molecular formula is C15H33N3O. The van der Waals surface area contributed by atoms with Crippen molar-refractivity contribution in [3.8, 4) is 0 Å². The number of unbranched alkanes of at least 4 members (excludes halogenated alkanes) is 1. The van der Waals surface area contributed by atoms with E-state index in [2.05, 4.69) is 10.6 Å². The molecule has 0 aromatic rings. The van der Waals surface area contributed by atoms with Gasteiger partial charge in [0.15, 0.2) is 0 Å². The van der Waals surface area contributed by atoms with Crippen LogP contribution in [0, 0.1) is 0 Å². The Hall–Kier alpha value is -0.610. The van der Waals surface area contributed by atoms with Gasteiger partial charge in [0.1, 0.15) is 0 Å². The van der Waals surface area contributed by atoms with Gasteiger partial charge in [-0.3, -0.25) is 4.79 Å². The highest BCUT2D eigenvalue weighted by Gasteiger charge is 2.13. The zero-order valence-electron chi connectivity index (χ0n) is 12.8. The standard InChI is InChI=1S/C9H21N3O.C6H12/c1-3-12-9(13)8(11-2)6-4-5-7-10;1-2-4-6-5-3-1/h8,11H,3-7,10H2,1-2H3,(H,12,13);1-6H2. The highest BCUT2D eigenvalue weighted by molar-refractivity contribution is 5.81. The lowest BCUT2D eigenvalue weighted by molar-refractivity contribution is -0.123. The number of likely N-dealkylation sites (N-methyl/N-ethyl adjacent to an activating group) is 2. The van der Waals surface area contributed by atoms with E-state index < -0.39 is 0 Å². The van der Waals surface area contributed by atoms with Crippen LogP contribution in [0.5, 0.6) is 0 Å². The van der Waals surface area contributed by atoms with Gasteiger partial charge in [-0.1, -0.05) is 44.9 Å². The van der Waals surface area contributed by atoms with Gasteiger partial charge in [0.2, 0.25) is 5.91 Å². The van der Waals surface area contributed by atoms with Gasteiger partial charge < -0.3 is 16.4 Å². The van der Waals surface area contributed by atoms with Crippen molar-refractivity contribution in [1.82, 2.24) is 10.6 Å². The van der Waals surface area contributed by atoms with Gasteiger partial charge in [0.25, 0.3) is 0 Å². The fourth-order valence-electron chi connectivity index (χ4n) is 2.26. The highest BCUT2D eigenvalue weighted by atomic mass is 16.2. The quantitative estimate of drug-likeness (QED) is 0.622. The van der Waals surface area contributed by atoms with Crippen molar-refractivity contribution in [2.45, 2.75) is 70.8 Å². The van der Waals surface area contributed by atoms with Crippen LogP contribution in [0.3, 0.4) is 0 Å². The Bertz CT molecular complexity index is 194. The number of carbonyl (C=O) groups is 1. The summed E-state index contributed by atoms with van der Waals surface area (Å²) in [6.45, 7) is 3.31. The van der Waals surface area contributed by atoms with Crippen molar-refractivity contribution >= 4 is 5.91 Å². The van der Waals surface area contributed by atoms with Gasteiger partial charge in [-0.05, 0) is 33.4 Å². The normalized spacial score (nSPS) is 16.2. The first-order valence-corrected chi connectivity index (χ1v) is 7.91. The van der Waals surface area contributed by atoms with Crippen LogP contribution in [0.1, 0.15) is 64.7 Å². The van der Waals surface area contributed by atoms with E-state index in [1.807, 2.05) is 14.0 Å². The number of nitrogens with one attached hydrogen (secondary N) is 2. The predicted octanol–water partition coefficient (Wildman–Crippen LogP) is 2.18. The zero-order chi connectivity index (χ0) is 14.3. The minimum atomic E-state index is -0.0634. The second-order valence-corrected chi connectivity index (χ2v) is 5.14. The molecule has 0 aliphatic heterocycles. The van der Waals surface area contributed by atoms with Gasteiger partial charge in [0.05, 0.1) is 6.04 Å². The number of carbonyl (C=O) groups excluding carboxylic acids is 1. The second-order valence-electron chi connectivity index (χ2n) is 5.14. The largest absolute Gasteiger partial charge is 0.355 e. The monoisotopic (exact) mass is 271 g/mol. The molecule has 1 fully saturated rings. The van der Waals surface area contributed by atoms with Crippen molar-refractivity contribution < 1.29 is 4.79 Å². The molecule has 0 radical (unpaired) electrons. The molecule has 1 atom stereocenters. The van der Waals surface area contributed by atoms with Gasteiger partial charge in [0, 0.05) is 6.54 Å². The number of amides is 1. The summed E-state index contributed by atoms with van der Waals surface area (Å²) in [6.07, 6.45) is 11.8. The Labute approximate surface area is 118 Å². The molecule has 114 valence electrons. The van der Waals surface area contributed by atoms with Crippen molar-refractivity contribution in [2.24, 2.45) is 5.73 Å². The van der Waals surface area contributed by atoms with E-state index in [1.54, 1.807) is 0 Å². The molecule has 4 nitrogen and oxygen atoms in total. The van der Waals surface area contributed by atoms with Gasteiger partial charge in [-0.2, -0.15) is 0 Å². The van der Waals surface area contributed by atoms with E-state index in [0.29, 0.717) is 13.1 Å². The van der Waals surface area contributed by atoms with E-state index in [1.165, 1.54) is 38.5 Å². The molecular weight excluding hydrogens is 238 g/mol. The molecule has 1 saturated carbocycles. The maximum Gasteiger partial charge on any atom is 0.237 e. The van der Waals surface area contributed by atoms with Crippen molar-refractivity contribution in [2.75, 3.05) is 20.1 Å². The fourth-order valence-corrected chi connectivity index (χ4v) is 2.26. The maximum absolute atomic E-state index is 11.4. The summed E-state index contributed by atoms with van der Waals surface area (Å²) in [6, 6.07) is -0.0634. The minimum absolute atomic E-state index is 0.0634. The van der Waals surface area contributed by atoms with Gasteiger partial charge in [-0.15, -0.1) is 0 Å². The van der Waals surface area contributed by atoms with Gasteiger partial charge in [-0.25, -0.2) is 0 Å². The average molecular weight is 271 g/mol. The van der Waals surface area contributed by atoms with E-state index >= 15 is 0 Å². The summed E-state index contributed by atoms with van der Waals surface area (Å²) in [5.74, 6) is 0.0852. The van der Waals surface area contributed by atoms with Crippen LogP contribution in [0.25, 0.3) is 0 Å². The number of hydrogen-bond donors (Lipinski definition) is 3. The molecule has 0 heterocycles. The summed E-state index contributed by atoms with van der Waals surface area (Å²) >= 11 is 0. The van der Waals surface area contributed by atoms with Crippen LogP contribution >= 0.6 is 0 Å². The molecule has 1 unspecified atom stereocenters. The average Bonchev–Trinajstić information content (AvgIpc) is 2.46. The Morgan fingerprint density at radius 1 is 1.11 bits per heavy atom. The third kappa shape index (κ3) is 11.0. The molecule has 0 spiro atoms. The molecule has 0 aromatic carbocycles. The third-order valence-corrected chi connectivity index (χ3v) is 3.46. The Morgan fingerprint density at radius 2 is 1.63 bits per heavy atom. The minimum Gasteiger partial charge on any atom is -0.355 e. The van der Waals surface area contributed by atoms with Crippen molar-refractivity contribution in [1.29, 1.82) is 0 Å². The summed E-state index contributed by atoms with van der Waals surface area (Å²) in [5, 5.41) is 5.78. The molecule has 4 N–H and O–H groups in total. The van der Waals surface area contributed by atoms with E-state index in [9.17, 15) is 4.79 Å². The lowest BCUT2D eigenvalue weighted by atomic mass is 10.0. The lowest BCUT2D eigenvalue weighted by Gasteiger charge is -2.14. The first-order valence-electron chi connectivity index (χ1n) is 7.91. The highest BCUT2D eigenvalue weighted by Crippen LogP contribution is 2.15. The SMILES string of the molecule is C1CCCCC1.CCNC(=O)C(CCCCN)NC. The van der Waals surface area contributed by atoms with Crippen molar-refractivity contribution in [3.63, 3.8) is 0 Å². The van der Waals surface area contributed by atoms with Crippen LogP contribution in [-0.4, -0.2) is 32.1 Å². The number of rotatable bonds is 7.